The highest BCUT2D eigenvalue weighted by molar-refractivity contribution is 5.26. The fourth-order valence-electron chi connectivity index (χ4n) is 2.02. The van der Waals surface area contributed by atoms with Crippen LogP contribution in [0.15, 0.2) is 42.6 Å². The molecule has 0 aliphatic carbocycles. The van der Waals surface area contributed by atoms with Crippen molar-refractivity contribution in [3.63, 3.8) is 0 Å². The van der Waals surface area contributed by atoms with E-state index in [1.54, 1.807) is 25.4 Å². The van der Waals surface area contributed by atoms with Crippen molar-refractivity contribution in [1.29, 1.82) is 0 Å². The van der Waals surface area contributed by atoms with Crippen LogP contribution in [0.2, 0.25) is 0 Å². The van der Waals surface area contributed by atoms with E-state index in [0.717, 1.165) is 18.5 Å². The molecular formula is C16H20N2O2. The Bertz CT molecular complexity index is 540. The van der Waals surface area contributed by atoms with Gasteiger partial charge in [0.25, 0.3) is 0 Å². The molecule has 0 saturated heterocycles. The maximum atomic E-state index is 9.26. The molecular weight excluding hydrogens is 252 g/mol. The molecule has 2 rings (SSSR count). The summed E-state index contributed by atoms with van der Waals surface area (Å²) in [6.07, 6.45) is 2.67. The second kappa shape index (κ2) is 6.91. The first-order valence-electron chi connectivity index (χ1n) is 6.67. The van der Waals surface area contributed by atoms with E-state index in [1.807, 2.05) is 24.3 Å². The van der Waals surface area contributed by atoms with Crippen molar-refractivity contribution in [3.05, 3.63) is 53.7 Å². The van der Waals surface area contributed by atoms with Gasteiger partial charge < -0.3 is 15.2 Å². The predicted octanol–water partition coefficient (Wildman–Crippen LogP) is 2.52. The number of benzene rings is 1. The van der Waals surface area contributed by atoms with Gasteiger partial charge in [0, 0.05) is 24.8 Å². The van der Waals surface area contributed by atoms with E-state index in [4.69, 9.17) is 4.74 Å². The Labute approximate surface area is 119 Å². The second-order valence-electron chi connectivity index (χ2n) is 4.86. The van der Waals surface area contributed by atoms with E-state index in [2.05, 4.69) is 17.2 Å². The molecule has 0 amide bonds. The lowest BCUT2D eigenvalue weighted by atomic mass is 10.1. The third-order valence-electron chi connectivity index (χ3n) is 3.14. The quantitative estimate of drug-likeness (QED) is 0.848. The van der Waals surface area contributed by atoms with Crippen LogP contribution in [0.1, 0.15) is 18.1 Å². The third kappa shape index (κ3) is 4.24. The standard InChI is InChI=1S/C16H20N2O2/c1-12(9-13-3-5-15(19)6-4-13)18-11-14-7-8-17-16(10-14)20-2/h3-8,10,12,18-19H,9,11H2,1-2H3. The maximum Gasteiger partial charge on any atom is 0.213 e. The first-order valence-corrected chi connectivity index (χ1v) is 6.67. The average molecular weight is 272 g/mol. The first-order chi connectivity index (χ1) is 9.67. The minimum atomic E-state index is 0.304. The molecule has 2 N–H and O–H groups in total. The Kier molecular flexibility index (Phi) is 4.96. The van der Waals surface area contributed by atoms with Gasteiger partial charge in [0.15, 0.2) is 0 Å². The van der Waals surface area contributed by atoms with Gasteiger partial charge in [-0.05, 0) is 42.7 Å². The van der Waals surface area contributed by atoms with E-state index in [1.165, 1.54) is 5.56 Å². The van der Waals surface area contributed by atoms with Crippen LogP contribution >= 0.6 is 0 Å². The zero-order valence-electron chi connectivity index (χ0n) is 11.8. The fourth-order valence-corrected chi connectivity index (χ4v) is 2.02. The average Bonchev–Trinajstić information content (AvgIpc) is 2.48. The van der Waals surface area contributed by atoms with Crippen LogP contribution in [0.4, 0.5) is 0 Å². The van der Waals surface area contributed by atoms with Gasteiger partial charge in [0.1, 0.15) is 5.75 Å². The number of aromatic hydroxyl groups is 1. The van der Waals surface area contributed by atoms with Crippen molar-refractivity contribution in [3.8, 4) is 11.6 Å². The molecule has 1 unspecified atom stereocenters. The zero-order valence-corrected chi connectivity index (χ0v) is 11.8. The first kappa shape index (κ1) is 14.3. The molecule has 0 saturated carbocycles. The van der Waals surface area contributed by atoms with Crippen molar-refractivity contribution >= 4 is 0 Å². The highest BCUT2D eigenvalue weighted by Gasteiger charge is 2.04. The van der Waals surface area contributed by atoms with Crippen LogP contribution in [-0.2, 0) is 13.0 Å². The summed E-state index contributed by atoms with van der Waals surface area (Å²) in [5.74, 6) is 0.939. The SMILES string of the molecule is COc1cc(CNC(C)Cc2ccc(O)cc2)ccn1. The van der Waals surface area contributed by atoms with Gasteiger partial charge in [-0.2, -0.15) is 0 Å². The normalized spacial score (nSPS) is 12.1. The molecule has 0 bridgehead atoms. The van der Waals surface area contributed by atoms with E-state index >= 15 is 0 Å². The number of phenolic OH excluding ortho intramolecular Hbond substituents is 1. The number of pyridine rings is 1. The smallest absolute Gasteiger partial charge is 0.213 e. The molecule has 0 fully saturated rings. The van der Waals surface area contributed by atoms with Gasteiger partial charge in [0.05, 0.1) is 7.11 Å². The van der Waals surface area contributed by atoms with Gasteiger partial charge in [-0.25, -0.2) is 4.98 Å². The second-order valence-corrected chi connectivity index (χ2v) is 4.86. The van der Waals surface area contributed by atoms with E-state index in [9.17, 15) is 5.11 Å². The predicted molar refractivity (Wildman–Crippen MR) is 78.9 cm³/mol. The Morgan fingerprint density at radius 3 is 2.65 bits per heavy atom. The van der Waals surface area contributed by atoms with Gasteiger partial charge in [0.2, 0.25) is 5.88 Å². The molecule has 1 heterocycles. The van der Waals surface area contributed by atoms with Gasteiger partial charge in [-0.3, -0.25) is 0 Å². The van der Waals surface area contributed by atoms with Crippen LogP contribution in [0.25, 0.3) is 0 Å². The molecule has 2 aromatic rings. The fraction of sp³-hybridized carbons (Fsp3) is 0.312. The molecule has 4 nitrogen and oxygen atoms in total. The van der Waals surface area contributed by atoms with E-state index in [-0.39, 0.29) is 0 Å². The van der Waals surface area contributed by atoms with Gasteiger partial charge in [-0.15, -0.1) is 0 Å². The molecule has 0 aliphatic rings. The summed E-state index contributed by atoms with van der Waals surface area (Å²) in [6, 6.07) is 11.6. The summed E-state index contributed by atoms with van der Waals surface area (Å²) in [4.78, 5) is 4.09. The number of methoxy groups -OCH3 is 1. The highest BCUT2D eigenvalue weighted by Crippen LogP contribution is 2.12. The number of rotatable bonds is 6. The molecule has 1 atom stereocenters. The highest BCUT2D eigenvalue weighted by atomic mass is 16.5. The van der Waals surface area contributed by atoms with Crippen LogP contribution < -0.4 is 10.1 Å². The summed E-state index contributed by atoms with van der Waals surface area (Å²) in [5.41, 5.74) is 2.35. The molecule has 106 valence electrons. The van der Waals surface area contributed by atoms with Crippen LogP contribution in [0.5, 0.6) is 11.6 Å². The number of aromatic nitrogens is 1. The van der Waals surface area contributed by atoms with Crippen LogP contribution in [-0.4, -0.2) is 23.2 Å². The summed E-state index contributed by atoms with van der Waals surface area (Å²) >= 11 is 0. The lowest BCUT2D eigenvalue weighted by molar-refractivity contribution is 0.397. The number of hydrogen-bond acceptors (Lipinski definition) is 4. The number of phenols is 1. The number of nitrogens with one attached hydrogen (secondary N) is 1. The Morgan fingerprint density at radius 2 is 1.95 bits per heavy atom. The van der Waals surface area contributed by atoms with Crippen molar-refractivity contribution in [1.82, 2.24) is 10.3 Å². The summed E-state index contributed by atoms with van der Waals surface area (Å²) < 4.78 is 5.11. The third-order valence-corrected chi connectivity index (χ3v) is 3.14. The molecule has 1 aromatic heterocycles. The molecule has 20 heavy (non-hydrogen) atoms. The Hall–Kier alpha value is -2.07. The lowest BCUT2D eigenvalue weighted by Gasteiger charge is -2.14. The lowest BCUT2D eigenvalue weighted by Crippen LogP contribution is -2.27. The summed E-state index contributed by atoms with van der Waals surface area (Å²) in [5, 5.41) is 12.7. The largest absolute Gasteiger partial charge is 0.508 e. The molecule has 0 spiro atoms. The monoisotopic (exact) mass is 272 g/mol. The molecule has 1 aromatic carbocycles. The van der Waals surface area contributed by atoms with E-state index < -0.39 is 0 Å². The minimum absolute atomic E-state index is 0.304. The van der Waals surface area contributed by atoms with Crippen molar-refractivity contribution in [2.24, 2.45) is 0 Å². The molecule has 0 aliphatic heterocycles. The molecule has 0 radical (unpaired) electrons. The van der Waals surface area contributed by atoms with Gasteiger partial charge >= 0.3 is 0 Å². The summed E-state index contributed by atoms with van der Waals surface area (Å²) in [6.45, 7) is 2.92. The van der Waals surface area contributed by atoms with Crippen molar-refractivity contribution in [2.75, 3.05) is 7.11 Å². The number of hydrogen-bond donors (Lipinski definition) is 2. The summed E-state index contributed by atoms with van der Waals surface area (Å²) in [7, 11) is 1.62. The Morgan fingerprint density at radius 1 is 1.20 bits per heavy atom. The van der Waals surface area contributed by atoms with Crippen LogP contribution in [0.3, 0.4) is 0 Å². The van der Waals surface area contributed by atoms with Crippen molar-refractivity contribution < 1.29 is 9.84 Å². The van der Waals surface area contributed by atoms with Crippen molar-refractivity contribution in [2.45, 2.75) is 25.9 Å². The van der Waals surface area contributed by atoms with Crippen LogP contribution in [0, 0.1) is 0 Å². The molecule has 4 heteroatoms. The Balaban J connectivity index is 1.85. The number of ether oxygens (including phenoxy) is 1. The minimum Gasteiger partial charge on any atom is -0.508 e. The maximum absolute atomic E-state index is 9.26. The topological polar surface area (TPSA) is 54.4 Å². The zero-order chi connectivity index (χ0) is 14.4. The number of nitrogens with zero attached hydrogens (tertiary/aromatic N) is 1. The van der Waals surface area contributed by atoms with Gasteiger partial charge in [-0.1, -0.05) is 12.1 Å². The van der Waals surface area contributed by atoms with E-state index in [0.29, 0.717) is 17.7 Å².